The summed E-state index contributed by atoms with van der Waals surface area (Å²) in [5, 5.41) is 0. The van der Waals surface area contributed by atoms with Gasteiger partial charge in [0.05, 0.1) is 0 Å². The Morgan fingerprint density at radius 1 is 1.25 bits per heavy atom. The van der Waals surface area contributed by atoms with Gasteiger partial charge in [-0.1, -0.05) is 13.8 Å². The molecular formula is C14H21NO. The number of aldehydes is 1. The molecule has 0 unspecified atom stereocenters. The Balaban J connectivity index is 3.21. The lowest BCUT2D eigenvalue weighted by Crippen LogP contribution is -2.23. The minimum absolute atomic E-state index is 0.440. The smallest absolute Gasteiger partial charge is 0.150 e. The van der Waals surface area contributed by atoms with Gasteiger partial charge in [-0.25, -0.2) is 0 Å². The molecule has 0 spiro atoms. The maximum absolute atomic E-state index is 10.8. The van der Waals surface area contributed by atoms with Crippen molar-refractivity contribution in [1.29, 1.82) is 0 Å². The molecule has 0 saturated heterocycles. The van der Waals surface area contributed by atoms with Crippen molar-refractivity contribution in [1.82, 2.24) is 0 Å². The molecule has 2 nitrogen and oxygen atoms in total. The van der Waals surface area contributed by atoms with Crippen molar-refractivity contribution in [2.75, 3.05) is 18.0 Å². The molecule has 0 radical (unpaired) electrons. The third-order valence-electron chi connectivity index (χ3n) is 2.91. The van der Waals surface area contributed by atoms with Crippen LogP contribution in [0.1, 0.15) is 49.5 Å². The number of rotatable bonds is 5. The first-order chi connectivity index (χ1) is 7.63. The lowest BCUT2D eigenvalue weighted by Gasteiger charge is -2.25. The highest BCUT2D eigenvalue weighted by atomic mass is 16.1. The van der Waals surface area contributed by atoms with Crippen LogP contribution in [-0.4, -0.2) is 19.4 Å². The van der Waals surface area contributed by atoms with Crippen LogP contribution in [-0.2, 0) is 0 Å². The molecule has 0 aliphatic rings. The van der Waals surface area contributed by atoms with Crippen molar-refractivity contribution in [2.45, 2.75) is 33.6 Å². The van der Waals surface area contributed by atoms with Crippen molar-refractivity contribution in [3.05, 3.63) is 29.3 Å². The predicted molar refractivity (Wildman–Crippen MR) is 69.5 cm³/mol. The first-order valence-electron chi connectivity index (χ1n) is 5.98. The number of hydrogen-bond acceptors (Lipinski definition) is 2. The summed E-state index contributed by atoms with van der Waals surface area (Å²) in [5.41, 5.74) is 3.28. The normalized spacial score (nSPS) is 10.6. The lowest BCUT2D eigenvalue weighted by atomic mass is 9.98. The number of carbonyl (C=O) groups excluding carboxylic acids is 1. The van der Waals surface area contributed by atoms with Crippen LogP contribution < -0.4 is 4.90 Å². The molecule has 1 rings (SSSR count). The maximum atomic E-state index is 10.8. The second kappa shape index (κ2) is 5.69. The zero-order valence-corrected chi connectivity index (χ0v) is 10.7. The van der Waals surface area contributed by atoms with E-state index in [4.69, 9.17) is 0 Å². The minimum Gasteiger partial charge on any atom is -0.372 e. The van der Waals surface area contributed by atoms with E-state index in [0.29, 0.717) is 5.92 Å². The van der Waals surface area contributed by atoms with Gasteiger partial charge in [0.25, 0.3) is 0 Å². The Labute approximate surface area is 98.3 Å². The van der Waals surface area contributed by atoms with Crippen LogP contribution in [0.25, 0.3) is 0 Å². The van der Waals surface area contributed by atoms with Gasteiger partial charge in [0.2, 0.25) is 0 Å². The topological polar surface area (TPSA) is 20.3 Å². The quantitative estimate of drug-likeness (QED) is 0.707. The number of anilines is 1. The molecule has 0 saturated carbocycles. The molecule has 0 heterocycles. The number of benzene rings is 1. The minimum atomic E-state index is 0.440. The standard InChI is InChI=1S/C14H21NO/c1-5-15(6-2)14-8-7-12(10-16)9-13(14)11(3)4/h7-11H,5-6H2,1-4H3. The van der Waals surface area contributed by atoms with E-state index in [9.17, 15) is 4.79 Å². The molecule has 0 fully saturated rings. The molecular weight excluding hydrogens is 198 g/mol. The molecule has 0 amide bonds. The Morgan fingerprint density at radius 3 is 2.31 bits per heavy atom. The van der Waals surface area contributed by atoms with Gasteiger partial charge in [0.15, 0.2) is 0 Å². The summed E-state index contributed by atoms with van der Waals surface area (Å²) in [6.07, 6.45) is 0.915. The molecule has 1 aromatic carbocycles. The highest BCUT2D eigenvalue weighted by Crippen LogP contribution is 2.28. The van der Waals surface area contributed by atoms with Crippen LogP contribution in [0.15, 0.2) is 18.2 Å². The van der Waals surface area contributed by atoms with Gasteiger partial charge in [0, 0.05) is 24.3 Å². The molecule has 0 aliphatic heterocycles. The molecule has 2 heteroatoms. The Morgan fingerprint density at radius 2 is 1.88 bits per heavy atom. The molecule has 1 aromatic rings. The summed E-state index contributed by atoms with van der Waals surface area (Å²) in [7, 11) is 0. The lowest BCUT2D eigenvalue weighted by molar-refractivity contribution is 0.112. The second-order valence-corrected chi connectivity index (χ2v) is 4.26. The summed E-state index contributed by atoms with van der Waals surface area (Å²) >= 11 is 0. The fourth-order valence-electron chi connectivity index (χ4n) is 1.96. The van der Waals surface area contributed by atoms with Crippen molar-refractivity contribution in [3.63, 3.8) is 0 Å². The van der Waals surface area contributed by atoms with E-state index in [1.54, 1.807) is 0 Å². The maximum Gasteiger partial charge on any atom is 0.150 e. The van der Waals surface area contributed by atoms with Gasteiger partial charge < -0.3 is 4.90 Å². The number of nitrogens with zero attached hydrogens (tertiary/aromatic N) is 1. The SMILES string of the molecule is CCN(CC)c1ccc(C=O)cc1C(C)C. The van der Waals surface area contributed by atoms with Gasteiger partial charge in [-0.3, -0.25) is 4.79 Å². The van der Waals surface area contributed by atoms with E-state index in [2.05, 4.69) is 38.7 Å². The largest absolute Gasteiger partial charge is 0.372 e. The van der Waals surface area contributed by atoms with Crippen LogP contribution >= 0.6 is 0 Å². The van der Waals surface area contributed by atoms with Gasteiger partial charge in [-0.15, -0.1) is 0 Å². The zero-order chi connectivity index (χ0) is 12.1. The van der Waals surface area contributed by atoms with Gasteiger partial charge in [-0.2, -0.15) is 0 Å². The van der Waals surface area contributed by atoms with Gasteiger partial charge in [-0.05, 0) is 43.5 Å². The van der Waals surface area contributed by atoms with Crippen molar-refractivity contribution < 1.29 is 4.79 Å². The van der Waals surface area contributed by atoms with E-state index in [0.717, 1.165) is 24.9 Å². The van der Waals surface area contributed by atoms with E-state index in [1.807, 2.05) is 12.1 Å². The third-order valence-corrected chi connectivity index (χ3v) is 2.91. The van der Waals surface area contributed by atoms with Crippen molar-refractivity contribution >= 4 is 12.0 Å². The van der Waals surface area contributed by atoms with Gasteiger partial charge >= 0.3 is 0 Å². The van der Waals surface area contributed by atoms with Crippen molar-refractivity contribution in [2.24, 2.45) is 0 Å². The average molecular weight is 219 g/mol. The predicted octanol–water partition coefficient (Wildman–Crippen LogP) is 3.47. The fourth-order valence-corrected chi connectivity index (χ4v) is 1.96. The highest BCUT2D eigenvalue weighted by molar-refractivity contribution is 5.77. The summed E-state index contributed by atoms with van der Waals surface area (Å²) in [5.74, 6) is 0.440. The summed E-state index contributed by atoms with van der Waals surface area (Å²) < 4.78 is 0. The summed E-state index contributed by atoms with van der Waals surface area (Å²) in [6, 6.07) is 5.96. The molecule has 0 aromatic heterocycles. The average Bonchev–Trinajstić information content (AvgIpc) is 2.30. The van der Waals surface area contributed by atoms with E-state index in [1.165, 1.54) is 11.3 Å². The third kappa shape index (κ3) is 2.63. The Bertz CT molecular complexity index is 354. The Hall–Kier alpha value is -1.31. The molecule has 0 bridgehead atoms. The van der Waals surface area contributed by atoms with E-state index in [-0.39, 0.29) is 0 Å². The number of carbonyl (C=O) groups is 1. The van der Waals surface area contributed by atoms with E-state index >= 15 is 0 Å². The first kappa shape index (κ1) is 12.8. The monoisotopic (exact) mass is 219 g/mol. The molecule has 0 atom stereocenters. The van der Waals surface area contributed by atoms with Crippen molar-refractivity contribution in [3.8, 4) is 0 Å². The highest BCUT2D eigenvalue weighted by Gasteiger charge is 2.11. The molecule has 16 heavy (non-hydrogen) atoms. The van der Waals surface area contributed by atoms with Crippen LogP contribution in [0, 0.1) is 0 Å². The van der Waals surface area contributed by atoms with E-state index < -0.39 is 0 Å². The molecule has 0 N–H and O–H groups in total. The Kier molecular flexibility index (Phi) is 4.53. The molecule has 0 aliphatic carbocycles. The number of hydrogen-bond donors (Lipinski definition) is 0. The molecule has 88 valence electrons. The van der Waals surface area contributed by atoms with Gasteiger partial charge in [0.1, 0.15) is 6.29 Å². The fraction of sp³-hybridized carbons (Fsp3) is 0.500. The van der Waals surface area contributed by atoms with Crippen LogP contribution in [0.5, 0.6) is 0 Å². The van der Waals surface area contributed by atoms with Crippen LogP contribution in [0.4, 0.5) is 5.69 Å². The summed E-state index contributed by atoms with van der Waals surface area (Å²) in [4.78, 5) is 13.1. The van der Waals surface area contributed by atoms with Crippen LogP contribution in [0.2, 0.25) is 0 Å². The summed E-state index contributed by atoms with van der Waals surface area (Å²) in [6.45, 7) is 10.6. The van der Waals surface area contributed by atoms with Crippen LogP contribution in [0.3, 0.4) is 0 Å². The zero-order valence-electron chi connectivity index (χ0n) is 10.7. The first-order valence-corrected chi connectivity index (χ1v) is 5.98. The second-order valence-electron chi connectivity index (χ2n) is 4.26.